The van der Waals surface area contributed by atoms with Gasteiger partial charge in [0, 0.05) is 5.92 Å². The Morgan fingerprint density at radius 2 is 1.07 bits per heavy atom. The van der Waals surface area contributed by atoms with Gasteiger partial charge in [0.1, 0.15) is 12.3 Å². The molecule has 1 aliphatic carbocycles. The van der Waals surface area contributed by atoms with Crippen molar-refractivity contribution in [1.29, 1.82) is 0 Å². The number of alkyl halides is 5. The van der Waals surface area contributed by atoms with Crippen molar-refractivity contribution in [2.75, 3.05) is 0 Å². The van der Waals surface area contributed by atoms with Gasteiger partial charge in [0.25, 0.3) is 0 Å². The quantitative estimate of drug-likeness (QED) is 0.638. The summed E-state index contributed by atoms with van der Waals surface area (Å²) in [6.45, 7) is 3.39. The third-order valence-corrected chi connectivity index (χ3v) is 2.78. The van der Waals surface area contributed by atoms with Crippen LogP contribution in [0.4, 0.5) is 22.0 Å². The predicted molar refractivity (Wildman–Crippen MR) is 47.4 cm³/mol. The molecule has 0 bridgehead atoms. The SMILES string of the molecule is CC(C)CC1C(F)C(F)C(F)C(F)C1F. The first-order valence-corrected chi connectivity index (χ1v) is 5.06. The fourth-order valence-corrected chi connectivity index (χ4v) is 1.98. The van der Waals surface area contributed by atoms with Crippen molar-refractivity contribution in [2.45, 2.75) is 51.1 Å². The van der Waals surface area contributed by atoms with Crippen LogP contribution in [-0.4, -0.2) is 30.9 Å². The molecule has 1 saturated carbocycles. The predicted octanol–water partition coefficient (Wildman–Crippen LogP) is 3.35. The summed E-state index contributed by atoms with van der Waals surface area (Å²) >= 11 is 0. The first kappa shape index (κ1) is 12.7. The van der Waals surface area contributed by atoms with Gasteiger partial charge in [0.05, 0.1) is 0 Å². The van der Waals surface area contributed by atoms with Crippen molar-refractivity contribution < 1.29 is 22.0 Å². The molecule has 0 spiro atoms. The smallest absolute Gasteiger partial charge is 0.168 e. The molecular weight excluding hydrogens is 215 g/mol. The van der Waals surface area contributed by atoms with E-state index in [9.17, 15) is 22.0 Å². The van der Waals surface area contributed by atoms with Crippen LogP contribution in [0.5, 0.6) is 0 Å². The number of rotatable bonds is 2. The van der Waals surface area contributed by atoms with Crippen molar-refractivity contribution in [3.8, 4) is 0 Å². The second kappa shape index (κ2) is 4.66. The Morgan fingerprint density at radius 1 is 0.733 bits per heavy atom. The Kier molecular flexibility index (Phi) is 3.95. The second-order valence-electron chi connectivity index (χ2n) is 4.52. The molecule has 1 fully saturated rings. The minimum Gasteiger partial charge on any atom is -0.244 e. The van der Waals surface area contributed by atoms with Gasteiger partial charge in [-0.15, -0.1) is 0 Å². The van der Waals surface area contributed by atoms with E-state index in [1.165, 1.54) is 0 Å². The molecule has 0 amide bonds. The maximum Gasteiger partial charge on any atom is 0.168 e. The summed E-state index contributed by atoms with van der Waals surface area (Å²) in [7, 11) is 0. The summed E-state index contributed by atoms with van der Waals surface area (Å²) < 4.78 is 65.1. The van der Waals surface area contributed by atoms with Gasteiger partial charge in [-0.2, -0.15) is 0 Å². The summed E-state index contributed by atoms with van der Waals surface area (Å²) in [6, 6.07) is 0. The molecule has 1 rings (SSSR count). The minimum atomic E-state index is -2.68. The summed E-state index contributed by atoms with van der Waals surface area (Å²) in [5.74, 6) is -1.45. The molecule has 1 aliphatic rings. The number of hydrogen-bond acceptors (Lipinski definition) is 0. The molecule has 0 aromatic rings. The van der Waals surface area contributed by atoms with Crippen LogP contribution in [0.15, 0.2) is 0 Å². The highest BCUT2D eigenvalue weighted by Crippen LogP contribution is 2.38. The highest BCUT2D eigenvalue weighted by atomic mass is 19.2. The van der Waals surface area contributed by atoms with E-state index in [0.29, 0.717) is 0 Å². The molecule has 0 aromatic carbocycles. The molecule has 0 heterocycles. The fourth-order valence-electron chi connectivity index (χ4n) is 1.98. The number of hydrogen-bond donors (Lipinski definition) is 0. The van der Waals surface area contributed by atoms with Crippen LogP contribution in [0, 0.1) is 11.8 Å². The van der Waals surface area contributed by atoms with E-state index in [1.54, 1.807) is 13.8 Å². The van der Waals surface area contributed by atoms with Gasteiger partial charge in [-0.3, -0.25) is 0 Å². The zero-order valence-corrected chi connectivity index (χ0v) is 8.64. The Bertz CT molecular complexity index is 192. The average molecular weight is 230 g/mol. The van der Waals surface area contributed by atoms with Crippen LogP contribution in [-0.2, 0) is 0 Å². The highest BCUT2D eigenvalue weighted by molar-refractivity contribution is 4.99. The minimum absolute atomic E-state index is 0.0237. The van der Waals surface area contributed by atoms with Crippen molar-refractivity contribution in [1.82, 2.24) is 0 Å². The van der Waals surface area contributed by atoms with Gasteiger partial charge in [0.15, 0.2) is 18.5 Å². The van der Waals surface area contributed by atoms with Gasteiger partial charge in [0.2, 0.25) is 0 Å². The van der Waals surface area contributed by atoms with Crippen LogP contribution in [0.25, 0.3) is 0 Å². The lowest BCUT2D eigenvalue weighted by Gasteiger charge is -2.37. The standard InChI is InChI=1S/C10H15F5/c1-4(2)3-5-6(11)8(13)10(15)9(14)7(5)12/h4-10H,3H2,1-2H3. The molecule has 0 aromatic heterocycles. The molecule has 0 aliphatic heterocycles. The first-order valence-electron chi connectivity index (χ1n) is 5.06. The lowest BCUT2D eigenvalue weighted by atomic mass is 9.78. The molecule has 0 N–H and O–H groups in total. The molecule has 90 valence electrons. The van der Waals surface area contributed by atoms with E-state index < -0.39 is 36.8 Å². The molecule has 4 unspecified atom stereocenters. The third kappa shape index (κ3) is 2.42. The van der Waals surface area contributed by atoms with E-state index >= 15 is 0 Å². The van der Waals surface area contributed by atoms with Gasteiger partial charge < -0.3 is 0 Å². The second-order valence-corrected chi connectivity index (χ2v) is 4.52. The largest absolute Gasteiger partial charge is 0.244 e. The maximum absolute atomic E-state index is 13.3. The molecule has 15 heavy (non-hydrogen) atoms. The maximum atomic E-state index is 13.3. The lowest BCUT2D eigenvalue weighted by Crippen LogP contribution is -2.53. The third-order valence-electron chi connectivity index (χ3n) is 2.78. The Morgan fingerprint density at radius 3 is 1.40 bits per heavy atom. The van der Waals surface area contributed by atoms with Crippen molar-refractivity contribution in [2.24, 2.45) is 11.8 Å². The zero-order chi connectivity index (χ0) is 11.7. The summed E-state index contributed by atoms with van der Waals surface area (Å²) in [4.78, 5) is 0. The Labute approximate surface area is 85.8 Å². The molecule has 0 saturated heterocycles. The van der Waals surface area contributed by atoms with Crippen LogP contribution in [0.2, 0.25) is 0 Å². The van der Waals surface area contributed by atoms with Gasteiger partial charge in [-0.1, -0.05) is 13.8 Å². The van der Waals surface area contributed by atoms with E-state index in [2.05, 4.69) is 0 Å². The summed E-state index contributed by atoms with van der Waals surface area (Å²) in [5, 5.41) is 0. The number of halogens is 5. The van der Waals surface area contributed by atoms with E-state index in [4.69, 9.17) is 0 Å². The van der Waals surface area contributed by atoms with Crippen LogP contribution >= 0.6 is 0 Å². The molecule has 5 heteroatoms. The lowest BCUT2D eigenvalue weighted by molar-refractivity contribution is -0.0929. The Balaban J connectivity index is 2.77. The topological polar surface area (TPSA) is 0 Å². The highest BCUT2D eigenvalue weighted by Gasteiger charge is 2.53. The first-order chi connectivity index (χ1) is 6.86. The summed E-state index contributed by atoms with van der Waals surface area (Å²) in [6.07, 6.45) is -12.2. The van der Waals surface area contributed by atoms with Crippen LogP contribution in [0.3, 0.4) is 0 Å². The van der Waals surface area contributed by atoms with Gasteiger partial charge in [-0.25, -0.2) is 22.0 Å². The molecule has 4 atom stereocenters. The van der Waals surface area contributed by atoms with E-state index in [0.717, 1.165) is 0 Å². The van der Waals surface area contributed by atoms with Crippen molar-refractivity contribution >= 4 is 0 Å². The Hall–Kier alpha value is -0.350. The fraction of sp³-hybridized carbons (Fsp3) is 1.00. The van der Waals surface area contributed by atoms with Crippen LogP contribution < -0.4 is 0 Å². The zero-order valence-electron chi connectivity index (χ0n) is 8.64. The summed E-state index contributed by atoms with van der Waals surface area (Å²) in [5.41, 5.74) is 0. The monoisotopic (exact) mass is 230 g/mol. The van der Waals surface area contributed by atoms with Gasteiger partial charge in [-0.05, 0) is 12.3 Å². The normalized spacial score (nSPS) is 47.2. The van der Waals surface area contributed by atoms with E-state index in [1.807, 2.05) is 0 Å². The van der Waals surface area contributed by atoms with Crippen LogP contribution in [0.1, 0.15) is 20.3 Å². The molecule has 0 nitrogen and oxygen atoms in total. The molecular formula is C10H15F5. The van der Waals surface area contributed by atoms with Gasteiger partial charge >= 0.3 is 0 Å². The van der Waals surface area contributed by atoms with Crippen molar-refractivity contribution in [3.05, 3.63) is 0 Å². The van der Waals surface area contributed by atoms with E-state index in [-0.39, 0.29) is 12.3 Å². The van der Waals surface area contributed by atoms with Crippen molar-refractivity contribution in [3.63, 3.8) is 0 Å². The average Bonchev–Trinajstić information content (AvgIpc) is 2.18. The molecule has 0 radical (unpaired) electrons.